The fraction of sp³-hybridized carbons (Fsp3) is 0.700. The molecule has 0 aromatic rings. The van der Waals surface area contributed by atoms with E-state index in [0.29, 0.717) is 11.8 Å². The van der Waals surface area contributed by atoms with Crippen LogP contribution in [0.2, 0.25) is 0 Å². The van der Waals surface area contributed by atoms with Crippen LogP contribution in [-0.4, -0.2) is 11.1 Å². The van der Waals surface area contributed by atoms with E-state index in [4.69, 9.17) is 5.11 Å². The highest BCUT2D eigenvalue weighted by Gasteiger charge is 2.52. The molecule has 0 saturated heterocycles. The van der Waals surface area contributed by atoms with Crippen molar-refractivity contribution >= 4 is 5.97 Å². The van der Waals surface area contributed by atoms with Crippen molar-refractivity contribution in [2.24, 2.45) is 17.8 Å². The molecule has 3 atom stereocenters. The van der Waals surface area contributed by atoms with E-state index in [-0.39, 0.29) is 5.92 Å². The molecule has 0 aromatic carbocycles. The second kappa shape index (κ2) is 2.92. The highest BCUT2D eigenvalue weighted by atomic mass is 16.4. The summed E-state index contributed by atoms with van der Waals surface area (Å²) >= 11 is 0. The van der Waals surface area contributed by atoms with Crippen LogP contribution < -0.4 is 0 Å². The Bertz CT molecular complexity index is 220. The van der Waals surface area contributed by atoms with Crippen molar-refractivity contribution in [2.75, 3.05) is 0 Å². The fourth-order valence-corrected chi connectivity index (χ4v) is 2.28. The zero-order valence-corrected chi connectivity index (χ0v) is 7.07. The molecule has 1 fully saturated rings. The van der Waals surface area contributed by atoms with Crippen molar-refractivity contribution in [3.8, 4) is 0 Å². The number of carboxylic acids is 1. The van der Waals surface area contributed by atoms with E-state index in [9.17, 15) is 4.79 Å². The van der Waals surface area contributed by atoms with Gasteiger partial charge in [-0.15, -0.1) is 0 Å². The maximum absolute atomic E-state index is 10.7. The summed E-state index contributed by atoms with van der Waals surface area (Å²) in [5.74, 6) is 0.165. The molecule has 0 aromatic heterocycles. The van der Waals surface area contributed by atoms with Gasteiger partial charge in [0.2, 0.25) is 0 Å². The quantitative estimate of drug-likeness (QED) is 0.605. The molecule has 0 amide bonds. The Kier molecular flexibility index (Phi) is 1.91. The summed E-state index contributed by atoms with van der Waals surface area (Å²) in [5, 5.41) is 8.83. The van der Waals surface area contributed by atoms with Gasteiger partial charge in [0.1, 0.15) is 0 Å². The molecular formula is C10H14O2. The Labute approximate surface area is 72.3 Å². The smallest absolute Gasteiger partial charge is 0.307 e. The number of carboxylic acid groups (broad SMARTS) is 1. The summed E-state index contributed by atoms with van der Waals surface area (Å²) in [7, 11) is 0. The molecule has 0 spiro atoms. The molecule has 2 rings (SSSR count). The molecule has 2 heteroatoms. The van der Waals surface area contributed by atoms with Crippen LogP contribution in [0.4, 0.5) is 0 Å². The van der Waals surface area contributed by atoms with Gasteiger partial charge in [0.15, 0.2) is 0 Å². The Morgan fingerprint density at radius 1 is 1.42 bits per heavy atom. The van der Waals surface area contributed by atoms with Gasteiger partial charge in [-0.05, 0) is 31.1 Å². The average molecular weight is 166 g/mol. The van der Waals surface area contributed by atoms with Gasteiger partial charge in [-0.2, -0.15) is 0 Å². The lowest BCUT2D eigenvalue weighted by molar-refractivity contribution is -0.139. The predicted octanol–water partition coefficient (Wildman–Crippen LogP) is 2.06. The maximum Gasteiger partial charge on any atom is 0.307 e. The topological polar surface area (TPSA) is 37.3 Å². The molecule has 1 N–H and O–H groups in total. The number of fused-ring (bicyclic) bond motifs is 1. The van der Waals surface area contributed by atoms with Gasteiger partial charge in [-0.25, -0.2) is 0 Å². The van der Waals surface area contributed by atoms with E-state index in [1.165, 1.54) is 12.8 Å². The predicted molar refractivity (Wildman–Crippen MR) is 45.7 cm³/mol. The molecule has 12 heavy (non-hydrogen) atoms. The van der Waals surface area contributed by atoms with Crippen molar-refractivity contribution in [3.63, 3.8) is 0 Å². The molecule has 0 aliphatic heterocycles. The molecule has 2 aliphatic carbocycles. The van der Waals surface area contributed by atoms with Crippen molar-refractivity contribution in [1.82, 2.24) is 0 Å². The average Bonchev–Trinajstić information content (AvgIpc) is 2.60. The summed E-state index contributed by atoms with van der Waals surface area (Å²) in [6, 6.07) is 0. The molecule has 0 bridgehead atoms. The Balaban J connectivity index is 2.03. The van der Waals surface area contributed by atoms with E-state index in [2.05, 4.69) is 12.2 Å². The van der Waals surface area contributed by atoms with Gasteiger partial charge in [0.05, 0.1) is 5.92 Å². The van der Waals surface area contributed by atoms with Gasteiger partial charge in [0, 0.05) is 0 Å². The van der Waals surface area contributed by atoms with E-state index < -0.39 is 5.97 Å². The van der Waals surface area contributed by atoms with Crippen LogP contribution in [0.15, 0.2) is 12.2 Å². The third kappa shape index (κ3) is 1.26. The largest absolute Gasteiger partial charge is 0.481 e. The van der Waals surface area contributed by atoms with Crippen LogP contribution in [0.5, 0.6) is 0 Å². The Morgan fingerprint density at radius 3 is 3.00 bits per heavy atom. The minimum absolute atomic E-state index is 0.0562. The van der Waals surface area contributed by atoms with Crippen LogP contribution >= 0.6 is 0 Å². The van der Waals surface area contributed by atoms with Crippen LogP contribution in [0, 0.1) is 17.8 Å². The first-order valence-electron chi connectivity index (χ1n) is 4.70. The molecule has 2 nitrogen and oxygen atoms in total. The maximum atomic E-state index is 10.7. The zero-order chi connectivity index (χ0) is 8.55. The summed E-state index contributed by atoms with van der Waals surface area (Å²) in [6.45, 7) is 0. The van der Waals surface area contributed by atoms with Gasteiger partial charge in [-0.1, -0.05) is 18.6 Å². The number of carbonyl (C=O) groups is 1. The SMILES string of the molecule is O=C(O)C1C2C=CCCCCC21. The molecule has 1 saturated carbocycles. The normalized spacial score (nSPS) is 39.5. The standard InChI is InChI=1S/C10H14O2/c11-10(12)9-7-5-3-1-2-4-6-8(7)9/h3,5,7-9H,1-2,4,6H2,(H,11,12). The lowest BCUT2D eigenvalue weighted by Crippen LogP contribution is -1.99. The molecule has 66 valence electrons. The third-order valence-electron chi connectivity index (χ3n) is 3.03. The zero-order valence-electron chi connectivity index (χ0n) is 7.07. The first-order valence-corrected chi connectivity index (χ1v) is 4.70. The molecule has 2 aliphatic rings. The first kappa shape index (κ1) is 7.84. The van der Waals surface area contributed by atoms with Crippen LogP contribution in [0.25, 0.3) is 0 Å². The molecule has 0 radical (unpaired) electrons. The second-order valence-electron chi connectivity index (χ2n) is 3.82. The summed E-state index contributed by atoms with van der Waals surface area (Å²) in [6.07, 6.45) is 8.95. The Hall–Kier alpha value is -0.790. The lowest BCUT2D eigenvalue weighted by atomic mass is 10.1. The summed E-state index contributed by atoms with van der Waals surface area (Å²) in [4.78, 5) is 10.7. The third-order valence-corrected chi connectivity index (χ3v) is 3.03. The molecule has 3 unspecified atom stereocenters. The van der Waals surface area contributed by atoms with Crippen LogP contribution in [0.1, 0.15) is 25.7 Å². The second-order valence-corrected chi connectivity index (χ2v) is 3.82. The van der Waals surface area contributed by atoms with E-state index in [1.54, 1.807) is 0 Å². The van der Waals surface area contributed by atoms with Gasteiger partial charge in [-0.3, -0.25) is 4.79 Å². The fourth-order valence-electron chi connectivity index (χ4n) is 2.28. The number of aliphatic carboxylic acids is 1. The lowest BCUT2D eigenvalue weighted by Gasteiger charge is -1.99. The highest BCUT2D eigenvalue weighted by molar-refractivity contribution is 5.74. The highest BCUT2D eigenvalue weighted by Crippen LogP contribution is 2.51. The van der Waals surface area contributed by atoms with E-state index >= 15 is 0 Å². The summed E-state index contributed by atoms with van der Waals surface area (Å²) in [5.41, 5.74) is 0. The summed E-state index contributed by atoms with van der Waals surface area (Å²) < 4.78 is 0. The first-order chi connectivity index (χ1) is 5.80. The van der Waals surface area contributed by atoms with Crippen molar-refractivity contribution in [2.45, 2.75) is 25.7 Å². The van der Waals surface area contributed by atoms with E-state index in [0.717, 1.165) is 12.8 Å². The monoisotopic (exact) mass is 166 g/mol. The number of hydrogen-bond donors (Lipinski definition) is 1. The number of allylic oxidation sites excluding steroid dienone is 2. The van der Waals surface area contributed by atoms with Gasteiger partial charge in [0.25, 0.3) is 0 Å². The Morgan fingerprint density at radius 2 is 2.25 bits per heavy atom. The van der Waals surface area contributed by atoms with Gasteiger partial charge >= 0.3 is 5.97 Å². The van der Waals surface area contributed by atoms with Crippen LogP contribution in [-0.2, 0) is 4.79 Å². The van der Waals surface area contributed by atoms with Crippen molar-refractivity contribution in [1.29, 1.82) is 0 Å². The van der Waals surface area contributed by atoms with Gasteiger partial charge < -0.3 is 5.11 Å². The minimum Gasteiger partial charge on any atom is -0.481 e. The van der Waals surface area contributed by atoms with Crippen molar-refractivity contribution < 1.29 is 9.90 Å². The number of rotatable bonds is 1. The van der Waals surface area contributed by atoms with Crippen molar-refractivity contribution in [3.05, 3.63) is 12.2 Å². The minimum atomic E-state index is -0.600. The van der Waals surface area contributed by atoms with E-state index in [1.807, 2.05) is 0 Å². The molecular weight excluding hydrogens is 152 g/mol. The van der Waals surface area contributed by atoms with Crippen LogP contribution in [0.3, 0.4) is 0 Å². The number of hydrogen-bond acceptors (Lipinski definition) is 1. The molecule has 0 heterocycles.